The number of urea groups is 1. The summed E-state index contributed by atoms with van der Waals surface area (Å²) in [4.78, 5) is 14.5. The molecule has 1 saturated heterocycles. The first-order valence-corrected chi connectivity index (χ1v) is 9.49. The molecular formula is C20H25FN2O2. The van der Waals surface area contributed by atoms with Crippen molar-refractivity contribution >= 4 is 6.03 Å². The average molecular weight is 344 g/mol. The molecule has 0 spiro atoms. The van der Waals surface area contributed by atoms with Crippen molar-refractivity contribution in [2.75, 3.05) is 6.54 Å². The van der Waals surface area contributed by atoms with Crippen LogP contribution in [-0.4, -0.2) is 40.3 Å². The zero-order valence-electron chi connectivity index (χ0n) is 14.5. The molecule has 1 heterocycles. The molecule has 2 N–H and O–H groups in total. The minimum atomic E-state index is -0.747. The molecule has 4 saturated carbocycles. The topological polar surface area (TPSA) is 52.6 Å². The van der Waals surface area contributed by atoms with E-state index in [2.05, 4.69) is 5.32 Å². The fourth-order valence-corrected chi connectivity index (χ4v) is 6.65. The molecule has 2 amide bonds. The van der Waals surface area contributed by atoms with Gasteiger partial charge in [-0.3, -0.25) is 0 Å². The lowest BCUT2D eigenvalue weighted by molar-refractivity contribution is -0.169. The van der Waals surface area contributed by atoms with E-state index in [0.29, 0.717) is 11.8 Å². The van der Waals surface area contributed by atoms with Gasteiger partial charge in [0.05, 0.1) is 5.60 Å². The molecule has 4 bridgehead atoms. The third kappa shape index (κ3) is 2.24. The predicted molar refractivity (Wildman–Crippen MR) is 91.5 cm³/mol. The number of nitrogens with one attached hydrogen (secondary N) is 1. The second-order valence-electron chi connectivity index (χ2n) is 8.80. The van der Waals surface area contributed by atoms with Crippen LogP contribution >= 0.6 is 0 Å². The van der Waals surface area contributed by atoms with E-state index in [4.69, 9.17) is 0 Å². The van der Waals surface area contributed by atoms with Gasteiger partial charge in [0, 0.05) is 24.5 Å². The van der Waals surface area contributed by atoms with Crippen molar-refractivity contribution in [3.05, 3.63) is 35.6 Å². The normalized spacial score (nSPS) is 45.1. The van der Waals surface area contributed by atoms with Gasteiger partial charge in [0.15, 0.2) is 0 Å². The monoisotopic (exact) mass is 344 g/mol. The van der Waals surface area contributed by atoms with Crippen molar-refractivity contribution in [2.45, 2.75) is 56.2 Å². The molecule has 7 unspecified atom stereocenters. The second-order valence-corrected chi connectivity index (χ2v) is 8.80. The largest absolute Gasteiger partial charge is 0.389 e. The van der Waals surface area contributed by atoms with Gasteiger partial charge in [0.25, 0.3) is 0 Å². The number of benzene rings is 1. The van der Waals surface area contributed by atoms with Gasteiger partial charge in [0.1, 0.15) is 5.82 Å². The van der Waals surface area contributed by atoms with Crippen molar-refractivity contribution in [2.24, 2.45) is 17.8 Å². The number of halogens is 1. The van der Waals surface area contributed by atoms with Gasteiger partial charge in [-0.15, -0.1) is 0 Å². The van der Waals surface area contributed by atoms with Crippen molar-refractivity contribution in [1.29, 1.82) is 0 Å². The van der Waals surface area contributed by atoms with Crippen molar-refractivity contribution < 1.29 is 14.3 Å². The number of carbonyl (C=O) groups excluding carboxylic acids is 1. The third-order valence-electron chi connectivity index (χ3n) is 7.10. The Bertz CT molecular complexity index is 725. The van der Waals surface area contributed by atoms with Crippen LogP contribution in [0.4, 0.5) is 9.18 Å². The van der Waals surface area contributed by atoms with Gasteiger partial charge >= 0.3 is 6.03 Å². The van der Waals surface area contributed by atoms with E-state index in [0.717, 1.165) is 37.8 Å². The van der Waals surface area contributed by atoms with Crippen molar-refractivity contribution in [1.82, 2.24) is 10.2 Å². The Balaban J connectivity index is 1.56. The molecule has 0 radical (unpaired) electrons. The number of hydrogen-bond donors (Lipinski definition) is 2. The molecule has 25 heavy (non-hydrogen) atoms. The van der Waals surface area contributed by atoms with Crippen LogP contribution < -0.4 is 5.32 Å². The summed E-state index contributed by atoms with van der Waals surface area (Å²) < 4.78 is 13.9. The van der Waals surface area contributed by atoms with Crippen LogP contribution in [0.15, 0.2) is 24.3 Å². The maximum absolute atomic E-state index is 13.9. The van der Waals surface area contributed by atoms with Gasteiger partial charge in [-0.25, -0.2) is 9.18 Å². The molecule has 5 heteroatoms. The van der Waals surface area contributed by atoms with Gasteiger partial charge in [-0.05, 0) is 68.1 Å². The molecule has 7 atom stereocenters. The summed E-state index contributed by atoms with van der Waals surface area (Å²) in [6, 6.07) is 7.06. The first kappa shape index (κ1) is 15.6. The SMILES string of the molecule is CC1CN(C2C3CC4CC2C(c2cccc(F)c2)C(O)(C4)C3)C(=O)N1. The molecule has 5 aliphatic rings. The van der Waals surface area contributed by atoms with Crippen LogP contribution in [0.2, 0.25) is 0 Å². The molecular weight excluding hydrogens is 319 g/mol. The van der Waals surface area contributed by atoms with Gasteiger partial charge in [0.2, 0.25) is 0 Å². The van der Waals surface area contributed by atoms with Crippen LogP contribution in [0.25, 0.3) is 0 Å². The summed E-state index contributed by atoms with van der Waals surface area (Å²) in [6.07, 6.45) is 3.68. The zero-order valence-corrected chi connectivity index (χ0v) is 14.5. The van der Waals surface area contributed by atoms with Crippen LogP contribution in [0, 0.1) is 23.6 Å². The molecule has 0 aromatic heterocycles. The average Bonchev–Trinajstić information content (AvgIpc) is 2.84. The lowest BCUT2D eigenvalue weighted by Gasteiger charge is -2.63. The molecule has 1 aromatic carbocycles. The van der Waals surface area contributed by atoms with Crippen molar-refractivity contribution in [3.63, 3.8) is 0 Å². The first-order valence-electron chi connectivity index (χ1n) is 9.49. The molecule has 1 aromatic rings. The number of rotatable bonds is 2. The number of carbonyl (C=O) groups is 1. The highest BCUT2D eigenvalue weighted by molar-refractivity contribution is 5.77. The molecule has 5 fully saturated rings. The van der Waals surface area contributed by atoms with E-state index in [9.17, 15) is 14.3 Å². The highest BCUT2D eigenvalue weighted by atomic mass is 19.1. The van der Waals surface area contributed by atoms with E-state index in [1.807, 2.05) is 17.9 Å². The van der Waals surface area contributed by atoms with Gasteiger partial charge < -0.3 is 15.3 Å². The zero-order chi connectivity index (χ0) is 17.3. The number of amides is 2. The van der Waals surface area contributed by atoms with Crippen LogP contribution in [0.5, 0.6) is 0 Å². The lowest BCUT2D eigenvalue weighted by atomic mass is 9.46. The Labute approximate surface area is 147 Å². The van der Waals surface area contributed by atoms with E-state index >= 15 is 0 Å². The number of hydrogen-bond acceptors (Lipinski definition) is 2. The van der Waals surface area contributed by atoms with E-state index in [1.165, 1.54) is 6.07 Å². The smallest absolute Gasteiger partial charge is 0.318 e. The predicted octanol–water partition coefficient (Wildman–Crippen LogP) is 2.87. The Morgan fingerprint density at radius 3 is 2.88 bits per heavy atom. The molecule has 4 nitrogen and oxygen atoms in total. The maximum Gasteiger partial charge on any atom is 0.318 e. The lowest BCUT2D eigenvalue weighted by Crippen LogP contribution is -2.65. The Hall–Kier alpha value is -1.62. The molecule has 6 rings (SSSR count). The quantitative estimate of drug-likeness (QED) is 0.867. The fourth-order valence-electron chi connectivity index (χ4n) is 6.65. The van der Waals surface area contributed by atoms with Crippen LogP contribution in [-0.2, 0) is 0 Å². The summed E-state index contributed by atoms with van der Waals surface area (Å²) in [6.45, 7) is 2.76. The van der Waals surface area contributed by atoms with Gasteiger partial charge in [-0.1, -0.05) is 12.1 Å². The minimum absolute atomic E-state index is 0.0231. The van der Waals surface area contributed by atoms with E-state index in [-0.39, 0.29) is 35.8 Å². The summed E-state index contributed by atoms with van der Waals surface area (Å²) in [7, 11) is 0. The minimum Gasteiger partial charge on any atom is -0.389 e. The Kier molecular flexibility index (Phi) is 3.25. The Morgan fingerprint density at radius 1 is 1.32 bits per heavy atom. The number of nitrogens with zero attached hydrogens (tertiary/aromatic N) is 1. The summed E-state index contributed by atoms with van der Waals surface area (Å²) in [5, 5.41) is 14.5. The summed E-state index contributed by atoms with van der Waals surface area (Å²) >= 11 is 0. The van der Waals surface area contributed by atoms with Crippen LogP contribution in [0.3, 0.4) is 0 Å². The first-order chi connectivity index (χ1) is 11.9. The standard InChI is InChI=1S/C20H25FN2O2/c1-11-10-23(19(24)22-11)18-14-5-12-6-16(18)17(20(25,8-12)9-14)13-3-2-4-15(21)7-13/h2-4,7,11-12,14,16-18,25H,5-6,8-10H2,1H3,(H,22,24). The summed E-state index contributed by atoms with van der Waals surface area (Å²) in [5.74, 6) is 0.791. The van der Waals surface area contributed by atoms with E-state index < -0.39 is 5.60 Å². The van der Waals surface area contributed by atoms with Crippen molar-refractivity contribution in [3.8, 4) is 0 Å². The highest BCUT2D eigenvalue weighted by Crippen LogP contribution is 2.62. The van der Waals surface area contributed by atoms with E-state index in [1.54, 1.807) is 12.1 Å². The summed E-state index contributed by atoms with van der Waals surface area (Å²) in [5.41, 5.74) is 0.145. The molecule has 134 valence electrons. The second kappa shape index (κ2) is 5.19. The molecule has 4 aliphatic carbocycles. The maximum atomic E-state index is 13.9. The highest BCUT2D eigenvalue weighted by Gasteiger charge is 2.62. The molecule has 1 aliphatic heterocycles. The van der Waals surface area contributed by atoms with Crippen LogP contribution in [0.1, 0.15) is 44.1 Å². The number of aliphatic hydroxyl groups is 1. The van der Waals surface area contributed by atoms with Gasteiger partial charge in [-0.2, -0.15) is 0 Å². The third-order valence-corrected chi connectivity index (χ3v) is 7.10. The Morgan fingerprint density at radius 2 is 2.16 bits per heavy atom. The fraction of sp³-hybridized carbons (Fsp3) is 0.650.